The summed E-state index contributed by atoms with van der Waals surface area (Å²) >= 11 is 0. The lowest BCUT2D eigenvalue weighted by atomic mass is 10.0. The number of benzene rings is 2. The Morgan fingerprint density at radius 3 is 1.14 bits per heavy atom. The number of guanidine groups is 6. The van der Waals surface area contributed by atoms with E-state index in [-0.39, 0.29) is 223 Å². The van der Waals surface area contributed by atoms with Crippen molar-refractivity contribution < 1.29 is 92.0 Å². The molecule has 4 rings (SSSR count). The molecule has 0 aromatic heterocycles. The van der Waals surface area contributed by atoms with Crippen LogP contribution in [0.4, 0.5) is 9.59 Å². The van der Waals surface area contributed by atoms with E-state index in [0.29, 0.717) is 27.2 Å². The fraction of sp³-hybridized carbons (Fsp3) is 0.590. The number of aliphatic carboxylic acids is 1. The lowest BCUT2D eigenvalue weighted by Crippen LogP contribution is -2.61. The molecule has 49 N–H and O–H groups in total. The predicted octanol–water partition coefficient (Wildman–Crippen LogP) is -9.90. The normalized spacial score (nSPS) is 20.2. The lowest BCUT2D eigenvalue weighted by Gasteiger charge is -2.31. The summed E-state index contributed by atoms with van der Waals surface area (Å²) in [5, 5.41) is 130. The molecule has 0 bridgehead atoms. The van der Waals surface area contributed by atoms with Crippen LogP contribution in [-0.2, 0) is 80.0 Å². The van der Waals surface area contributed by atoms with E-state index in [1.807, 2.05) is 0 Å². The van der Waals surface area contributed by atoms with E-state index in [1.165, 1.54) is 48.5 Å². The maximum atomic E-state index is 15.8. The van der Waals surface area contributed by atoms with Crippen LogP contribution in [0.5, 0.6) is 11.5 Å². The predicted molar refractivity (Wildman–Crippen MR) is 524 cm³/mol. The fourth-order valence-electron chi connectivity index (χ4n) is 14.5. The molecule has 14 atom stereocenters. The molecule has 2 aliphatic heterocycles. The van der Waals surface area contributed by atoms with Gasteiger partial charge < -0.3 is 184 Å². The van der Waals surface area contributed by atoms with Gasteiger partial charge in [-0.3, -0.25) is 94.8 Å². The van der Waals surface area contributed by atoms with Crippen LogP contribution in [0.3, 0.4) is 0 Å². The van der Waals surface area contributed by atoms with Crippen molar-refractivity contribution >= 4 is 152 Å². The topological polar surface area (TPSA) is 981 Å². The molecule has 0 radical (unpaired) electrons. The summed E-state index contributed by atoms with van der Waals surface area (Å²) in [6.07, 6.45) is -2.95. The molecule has 2 heterocycles. The van der Waals surface area contributed by atoms with E-state index in [4.69, 9.17) is 89.8 Å². The van der Waals surface area contributed by atoms with Crippen molar-refractivity contribution in [2.75, 3.05) is 77.0 Å². The number of hydrogen-bond acceptors (Lipinski definition) is 28. The summed E-state index contributed by atoms with van der Waals surface area (Å²) in [6, 6.07) is -14.6. The maximum absolute atomic E-state index is 15.8. The molecule has 17 amide bonds. The average Bonchev–Trinajstić information content (AvgIpc) is 1.71. The number of phenolic OH excluding ortho intramolecular Hbond substituents is 2. The van der Waals surface area contributed by atoms with Crippen LogP contribution < -0.4 is 164 Å². The van der Waals surface area contributed by atoms with Crippen LogP contribution in [0.25, 0.3) is 0 Å². The van der Waals surface area contributed by atoms with Gasteiger partial charge in [-0.25, -0.2) is 14.4 Å². The number of nitrogens with two attached hydrogens (primary N) is 10. The third-order valence-corrected chi connectivity index (χ3v) is 24.3. The summed E-state index contributed by atoms with van der Waals surface area (Å²) in [4.78, 5) is 236. The average molecular weight is 2030 g/mol. The molecule has 2 saturated heterocycles. The summed E-state index contributed by atoms with van der Waals surface area (Å²) < 4.78 is 0. The van der Waals surface area contributed by atoms with E-state index < -0.39 is 234 Å². The van der Waals surface area contributed by atoms with Gasteiger partial charge in [0.25, 0.3) is 0 Å². The van der Waals surface area contributed by atoms with Crippen molar-refractivity contribution in [1.82, 2.24) is 111 Å². The molecule has 0 aliphatic carbocycles. The van der Waals surface area contributed by atoms with Gasteiger partial charge in [0, 0.05) is 83.3 Å². The van der Waals surface area contributed by atoms with Crippen LogP contribution in [0.2, 0.25) is 0 Å². The number of phenols is 2. The van der Waals surface area contributed by atoms with E-state index in [9.17, 15) is 39.3 Å². The minimum atomic E-state index is -1.94. The number of hydrogen-bond donors (Lipinski definition) is 39. The Kier molecular flexibility index (Phi) is 54.3. The second-order valence-corrected chi connectivity index (χ2v) is 35.8. The number of fused-ring (bicyclic) bond motifs is 1. The Morgan fingerprint density at radius 2 is 0.730 bits per heavy atom. The van der Waals surface area contributed by atoms with Gasteiger partial charge in [0.15, 0.2) is 35.8 Å². The third-order valence-electron chi connectivity index (χ3n) is 21.9. The van der Waals surface area contributed by atoms with Gasteiger partial charge in [-0.05, 0) is 177 Å². The monoisotopic (exact) mass is 2020 g/mol. The molecule has 2 aromatic carbocycles. The van der Waals surface area contributed by atoms with Crippen molar-refractivity contribution in [2.45, 2.75) is 232 Å². The van der Waals surface area contributed by atoms with Crippen molar-refractivity contribution in [3.8, 4) is 11.5 Å². The Balaban J connectivity index is 2.16. The number of carboxylic acids is 1. The van der Waals surface area contributed by atoms with Gasteiger partial charge in [0.2, 0.25) is 76.8 Å². The molecule has 2 aromatic rings. The zero-order chi connectivity index (χ0) is 105. The van der Waals surface area contributed by atoms with Gasteiger partial charge in [0.1, 0.15) is 90.0 Å². The molecule has 0 saturated carbocycles. The standard InChI is InChI=1S/C83H141N37O19S2/c84-30-2-1-13-49-66(127)114-55(19-9-38-107-83(99)139)74(135)120-39-11-21-61(120)73(134)117-58(41-45-24-28-47(122)29-25-45)70(131)113-52(16-6-34-103-79(92)93)65(126)111-54(18-8-37-106-82(98)138)68(129)118-59(71(132)115-56(75(136)137)20-10-36-105-81(96)97)42-140-141-43-60(72(133)116-57(40-44-22-26-46(121)27-23-44)69(130)112-51(64(125)109-49)15-5-33-102-78(90)91)119-67(128)53(17-7-35-104-80(94)95)110-63(124)50(14-4-32-101-77(88)89)108-62(123)48(85)12-3-31-100-76(86)87/h22-29,48-61,121-122H,1-21,30-43,84-85H2,(H,108,123)(H,109,125)(H,110,124)(H,111,126)(H,112,130)(H,113,131)(H,114,127)(H,115,132)(H,116,133)(H,117,134)(H,118,129)(H,119,128)(H,136,137)(H4,86,87,100)(H4,88,89,101)(H4,90,91,102)(H4,92,93,103)(H4,94,95,104)(H4,96,97,105)(H3,98,106,138)(H3,99,107,139)/t48-,49-,50-,51-,52-,53-,54-,55+,56-,57-,58-,59-,60-,61-/m0/s1. The number of aromatic hydroxyl groups is 2. The number of amides is 17. The Hall–Kier alpha value is -14.6. The van der Waals surface area contributed by atoms with Crippen molar-refractivity contribution in [3.05, 3.63) is 59.7 Å². The van der Waals surface area contributed by atoms with Crippen molar-refractivity contribution in [2.24, 2.45) is 57.3 Å². The second-order valence-electron chi connectivity index (χ2n) is 33.2. The van der Waals surface area contributed by atoms with Gasteiger partial charge >= 0.3 is 18.0 Å². The molecule has 141 heavy (non-hydrogen) atoms. The largest absolute Gasteiger partial charge is 0.508 e. The highest BCUT2D eigenvalue weighted by atomic mass is 33.1. The minimum Gasteiger partial charge on any atom is -0.508 e. The quantitative estimate of drug-likeness (QED) is 0.0127. The van der Waals surface area contributed by atoms with E-state index >= 15 is 52.7 Å². The number of primary amides is 2. The molecule has 784 valence electrons. The fourth-order valence-corrected chi connectivity index (χ4v) is 16.8. The molecule has 58 heteroatoms. The van der Waals surface area contributed by atoms with Crippen LogP contribution in [0, 0.1) is 32.5 Å². The highest BCUT2D eigenvalue weighted by Crippen LogP contribution is 2.26. The van der Waals surface area contributed by atoms with Crippen molar-refractivity contribution in [3.63, 3.8) is 0 Å². The number of unbranched alkanes of at least 4 members (excludes halogenated alkanes) is 1. The highest BCUT2D eigenvalue weighted by Gasteiger charge is 2.42. The summed E-state index contributed by atoms with van der Waals surface area (Å²) in [7, 11) is 1.39. The Labute approximate surface area is 821 Å². The third kappa shape index (κ3) is 48.0. The molecule has 56 nitrogen and oxygen atoms in total. The maximum Gasteiger partial charge on any atom is 0.326 e. The molecule has 0 spiro atoms. The minimum absolute atomic E-state index is 0.00931. The number of carboxylic acid groups (broad SMARTS) is 1. The van der Waals surface area contributed by atoms with Crippen LogP contribution in [-0.4, -0.2) is 312 Å². The molecule has 2 fully saturated rings. The van der Waals surface area contributed by atoms with E-state index in [2.05, 4.69) is 106 Å². The van der Waals surface area contributed by atoms with E-state index in [1.54, 1.807) is 0 Å². The Bertz CT molecular complexity index is 4550. The molecule has 0 unspecified atom stereocenters. The van der Waals surface area contributed by atoms with Crippen LogP contribution in [0.1, 0.15) is 146 Å². The molecular formula is C83H141N37O19S2. The highest BCUT2D eigenvalue weighted by molar-refractivity contribution is 8.76. The molecular weight excluding hydrogens is 1880 g/mol. The first kappa shape index (κ1) is 119. The number of carbonyl (C=O) groups excluding carboxylic acids is 15. The van der Waals surface area contributed by atoms with Gasteiger partial charge in [-0.2, -0.15) is 0 Å². The number of carbonyl (C=O) groups is 16. The van der Waals surface area contributed by atoms with Crippen LogP contribution in [0.15, 0.2) is 48.5 Å². The second kappa shape index (κ2) is 64.5. The smallest absolute Gasteiger partial charge is 0.326 e. The van der Waals surface area contributed by atoms with Gasteiger partial charge in [-0.1, -0.05) is 45.9 Å². The summed E-state index contributed by atoms with van der Waals surface area (Å²) in [5.74, 6) is -19.8. The molecule has 2 aliphatic rings. The SMILES string of the molecule is N=C(N)NCCC[C@H](NC(=O)[C@@H]1CSSC[C@H](NC(=O)[C@H](CCCNC(=N)N)NC(=O)[C@H](CCCNC(=N)N)NC(=O)[C@@H](N)CCCNC(=N)N)C(=O)N[C@@H](Cc2ccc(O)cc2)C(=O)N[C@@H](CCCNC(=N)N)C(=O)N[C@@H](CCCCN)C(=O)N[C@H](CCCNC(N)=O)C(=O)N2CCC[C@H]2C(=O)N[C@@H](Cc2ccc(O)cc2)C(=O)N[C@@H](CCCNC(=N)N)C(=O)N[C@@H](CCCNC(N)=O)C(=O)N1)C(=O)O. The van der Waals surface area contributed by atoms with Crippen molar-refractivity contribution in [1.29, 1.82) is 32.5 Å². The zero-order valence-corrected chi connectivity index (χ0v) is 80.0. The van der Waals surface area contributed by atoms with Crippen LogP contribution >= 0.6 is 21.6 Å². The van der Waals surface area contributed by atoms with Gasteiger partial charge in [0.05, 0.1) is 6.04 Å². The van der Waals surface area contributed by atoms with Gasteiger partial charge in [-0.15, -0.1) is 0 Å². The first-order chi connectivity index (χ1) is 66.9. The number of nitrogens with zero attached hydrogens (tertiary/aromatic N) is 1. The summed E-state index contributed by atoms with van der Waals surface area (Å²) in [5.41, 5.74) is 57.1. The lowest BCUT2D eigenvalue weighted by molar-refractivity contribution is -0.142. The number of rotatable bonds is 49. The first-order valence-corrected chi connectivity index (χ1v) is 48.4. The summed E-state index contributed by atoms with van der Waals surface area (Å²) in [6.45, 7) is -0.700. The number of urea groups is 2. The van der Waals surface area contributed by atoms with E-state index in [0.717, 1.165) is 4.90 Å². The number of nitrogens with one attached hydrogen (secondary N) is 26. The Morgan fingerprint density at radius 1 is 0.390 bits per heavy atom. The first-order valence-electron chi connectivity index (χ1n) is 45.9. The zero-order valence-electron chi connectivity index (χ0n) is 78.4.